The van der Waals surface area contributed by atoms with E-state index in [-0.39, 0.29) is 11.1 Å². The van der Waals surface area contributed by atoms with Gasteiger partial charge in [-0.25, -0.2) is 9.37 Å². The molecule has 4 rings (SSSR count). The SMILES string of the molecule is O=C(SNc1nc(-c2ccc(Cl)cc2)cs1)N1CCN(c2ccc(F)cc2)CC1. The molecule has 1 amide bonds. The average molecular weight is 449 g/mol. The van der Waals surface area contributed by atoms with Crippen molar-refractivity contribution in [3.63, 3.8) is 0 Å². The zero-order valence-corrected chi connectivity index (χ0v) is 17.7. The molecule has 1 saturated heterocycles. The summed E-state index contributed by atoms with van der Waals surface area (Å²) in [5.74, 6) is -0.244. The second-order valence-electron chi connectivity index (χ2n) is 6.47. The van der Waals surface area contributed by atoms with E-state index >= 15 is 0 Å². The molecular weight excluding hydrogens is 431 g/mol. The molecule has 0 radical (unpaired) electrons. The van der Waals surface area contributed by atoms with Crippen molar-refractivity contribution in [2.24, 2.45) is 0 Å². The van der Waals surface area contributed by atoms with Crippen LogP contribution in [0.5, 0.6) is 0 Å². The van der Waals surface area contributed by atoms with Gasteiger partial charge in [0.15, 0.2) is 5.13 Å². The second-order valence-corrected chi connectivity index (χ2v) is 8.52. The van der Waals surface area contributed by atoms with Crippen molar-refractivity contribution in [3.05, 3.63) is 64.8 Å². The first kappa shape index (κ1) is 20.0. The molecule has 5 nitrogen and oxygen atoms in total. The molecule has 3 aromatic rings. The van der Waals surface area contributed by atoms with Crippen molar-refractivity contribution in [1.82, 2.24) is 9.88 Å². The summed E-state index contributed by atoms with van der Waals surface area (Å²) in [5.41, 5.74) is 2.80. The number of amides is 1. The number of nitrogens with zero attached hydrogens (tertiary/aromatic N) is 3. The summed E-state index contributed by atoms with van der Waals surface area (Å²) in [4.78, 5) is 21.0. The summed E-state index contributed by atoms with van der Waals surface area (Å²) >= 11 is 8.41. The first-order valence-corrected chi connectivity index (χ1v) is 11.1. The Balaban J connectivity index is 1.27. The molecule has 0 aliphatic carbocycles. The molecule has 1 fully saturated rings. The van der Waals surface area contributed by atoms with Crippen LogP contribution in [-0.2, 0) is 0 Å². The number of rotatable bonds is 4. The molecule has 29 heavy (non-hydrogen) atoms. The molecule has 1 aliphatic heterocycles. The van der Waals surface area contributed by atoms with Gasteiger partial charge < -0.3 is 9.80 Å². The zero-order chi connectivity index (χ0) is 20.2. The number of hydrogen-bond donors (Lipinski definition) is 1. The molecule has 0 saturated carbocycles. The fourth-order valence-corrected chi connectivity index (χ4v) is 4.56. The fourth-order valence-electron chi connectivity index (χ4n) is 3.02. The van der Waals surface area contributed by atoms with Crippen molar-refractivity contribution in [1.29, 1.82) is 0 Å². The molecular formula is C20H18ClFN4OS2. The lowest BCUT2D eigenvalue weighted by molar-refractivity contribution is 0.219. The van der Waals surface area contributed by atoms with Crippen LogP contribution in [0.25, 0.3) is 11.3 Å². The van der Waals surface area contributed by atoms with Gasteiger partial charge in [0, 0.05) is 59.8 Å². The van der Waals surface area contributed by atoms with E-state index in [1.54, 1.807) is 12.1 Å². The van der Waals surface area contributed by atoms with E-state index in [4.69, 9.17) is 11.6 Å². The number of thiazole rings is 1. The third-order valence-electron chi connectivity index (χ3n) is 4.60. The van der Waals surface area contributed by atoms with E-state index in [2.05, 4.69) is 14.6 Å². The number of anilines is 2. The van der Waals surface area contributed by atoms with Crippen LogP contribution in [0.1, 0.15) is 0 Å². The van der Waals surface area contributed by atoms with Crippen molar-refractivity contribution in [2.75, 3.05) is 35.8 Å². The summed E-state index contributed by atoms with van der Waals surface area (Å²) < 4.78 is 16.1. The summed E-state index contributed by atoms with van der Waals surface area (Å²) in [6.45, 7) is 2.68. The van der Waals surface area contributed by atoms with E-state index < -0.39 is 0 Å². The van der Waals surface area contributed by atoms with Gasteiger partial charge in [0.2, 0.25) is 0 Å². The van der Waals surface area contributed by atoms with Gasteiger partial charge in [-0.15, -0.1) is 11.3 Å². The summed E-state index contributed by atoms with van der Waals surface area (Å²) in [6, 6.07) is 13.9. The maximum Gasteiger partial charge on any atom is 0.302 e. The molecule has 0 bridgehead atoms. The van der Waals surface area contributed by atoms with Crippen LogP contribution >= 0.6 is 34.9 Å². The van der Waals surface area contributed by atoms with Crippen LogP contribution in [0.15, 0.2) is 53.9 Å². The molecule has 1 aliphatic rings. The average Bonchev–Trinajstić information content (AvgIpc) is 3.22. The topological polar surface area (TPSA) is 48.5 Å². The lowest BCUT2D eigenvalue weighted by atomic mass is 10.2. The Hall–Kier alpha value is -2.29. The van der Waals surface area contributed by atoms with Gasteiger partial charge >= 0.3 is 5.24 Å². The van der Waals surface area contributed by atoms with Gasteiger partial charge in [-0.05, 0) is 36.4 Å². The predicted molar refractivity (Wildman–Crippen MR) is 119 cm³/mol. The van der Waals surface area contributed by atoms with Crippen LogP contribution in [0.4, 0.5) is 20.0 Å². The Morgan fingerprint density at radius 3 is 2.45 bits per heavy atom. The fraction of sp³-hybridized carbons (Fsp3) is 0.200. The largest absolute Gasteiger partial charge is 0.368 e. The molecule has 0 unspecified atom stereocenters. The number of carbonyl (C=O) groups is 1. The maximum atomic E-state index is 13.1. The van der Waals surface area contributed by atoms with Gasteiger partial charge in [0.25, 0.3) is 0 Å². The number of aromatic nitrogens is 1. The number of carbonyl (C=O) groups excluding carboxylic acids is 1. The predicted octanol–water partition coefficient (Wildman–Crippen LogP) is 5.60. The monoisotopic (exact) mass is 448 g/mol. The van der Waals surface area contributed by atoms with Gasteiger partial charge in [-0.3, -0.25) is 9.52 Å². The minimum atomic E-state index is -0.244. The van der Waals surface area contributed by atoms with E-state index in [0.717, 1.165) is 42.0 Å². The molecule has 1 N–H and O–H groups in total. The van der Waals surface area contributed by atoms with Crippen molar-refractivity contribution in [2.45, 2.75) is 0 Å². The number of piperazine rings is 1. The summed E-state index contributed by atoms with van der Waals surface area (Å²) in [5, 5.41) is 3.27. The van der Waals surface area contributed by atoms with E-state index in [1.165, 1.54) is 23.5 Å². The second kappa shape index (κ2) is 9.02. The number of halogens is 2. The minimum Gasteiger partial charge on any atom is -0.368 e. The Labute approximate surface area is 181 Å². The highest BCUT2D eigenvalue weighted by Gasteiger charge is 2.22. The van der Waals surface area contributed by atoms with E-state index in [1.807, 2.05) is 34.5 Å². The lowest BCUT2D eigenvalue weighted by Gasteiger charge is -2.35. The van der Waals surface area contributed by atoms with Crippen LogP contribution in [0.2, 0.25) is 5.02 Å². The molecule has 0 atom stereocenters. The first-order chi connectivity index (χ1) is 14.1. The highest BCUT2D eigenvalue weighted by Crippen LogP contribution is 2.28. The quantitative estimate of drug-likeness (QED) is 0.526. The normalized spacial score (nSPS) is 14.1. The zero-order valence-electron chi connectivity index (χ0n) is 15.3. The molecule has 2 aromatic carbocycles. The van der Waals surface area contributed by atoms with Crippen molar-refractivity contribution in [3.8, 4) is 11.3 Å². The Kier molecular flexibility index (Phi) is 6.22. The lowest BCUT2D eigenvalue weighted by Crippen LogP contribution is -2.47. The Morgan fingerprint density at radius 2 is 1.76 bits per heavy atom. The van der Waals surface area contributed by atoms with Gasteiger partial charge in [0.1, 0.15) is 5.82 Å². The van der Waals surface area contributed by atoms with E-state index in [0.29, 0.717) is 23.2 Å². The molecule has 0 spiro atoms. The number of hydrogen-bond acceptors (Lipinski definition) is 6. The highest BCUT2D eigenvalue weighted by atomic mass is 35.5. The van der Waals surface area contributed by atoms with Crippen LogP contribution < -0.4 is 9.62 Å². The molecule has 9 heteroatoms. The van der Waals surface area contributed by atoms with Gasteiger partial charge in [0.05, 0.1) is 5.69 Å². The Morgan fingerprint density at radius 1 is 1.07 bits per heavy atom. The molecule has 1 aromatic heterocycles. The van der Waals surface area contributed by atoms with Crippen LogP contribution in [0, 0.1) is 5.82 Å². The Bertz CT molecular complexity index is 973. The third-order valence-corrected chi connectivity index (χ3v) is 6.47. The van der Waals surface area contributed by atoms with Crippen molar-refractivity contribution >= 4 is 50.9 Å². The van der Waals surface area contributed by atoms with E-state index in [9.17, 15) is 9.18 Å². The summed E-state index contributed by atoms with van der Waals surface area (Å²) in [7, 11) is 0. The standard InChI is InChI=1S/C20H18ClFN4OS2/c21-15-3-1-14(2-4-15)18-13-28-19(23-18)24-29-20(27)26-11-9-25(10-12-26)17-7-5-16(22)6-8-17/h1-8,13H,9-12H2,(H,23,24). The van der Waals surface area contributed by atoms with Crippen LogP contribution in [-0.4, -0.2) is 41.3 Å². The third kappa shape index (κ3) is 5.01. The van der Waals surface area contributed by atoms with Crippen molar-refractivity contribution < 1.29 is 9.18 Å². The molecule has 150 valence electrons. The summed E-state index contributed by atoms with van der Waals surface area (Å²) in [6.07, 6.45) is 0. The number of benzene rings is 2. The van der Waals surface area contributed by atoms with Gasteiger partial charge in [-0.2, -0.15) is 0 Å². The number of nitrogens with one attached hydrogen (secondary N) is 1. The maximum absolute atomic E-state index is 13.1. The first-order valence-electron chi connectivity index (χ1n) is 9.02. The highest BCUT2D eigenvalue weighted by molar-refractivity contribution is 8.14. The van der Waals surface area contributed by atoms with Gasteiger partial charge in [-0.1, -0.05) is 23.7 Å². The minimum absolute atomic E-state index is 0.0352. The van der Waals surface area contributed by atoms with Crippen LogP contribution in [0.3, 0.4) is 0 Å². The smallest absolute Gasteiger partial charge is 0.302 e. The molecule has 2 heterocycles.